The van der Waals surface area contributed by atoms with Crippen LogP contribution in [-0.4, -0.2) is 47.0 Å². The Morgan fingerprint density at radius 1 is 0.897 bits per heavy atom. The van der Waals surface area contributed by atoms with Crippen molar-refractivity contribution in [2.45, 2.75) is 34.1 Å². The number of hydrogen-bond donors (Lipinski definition) is 0. The number of fused-ring (bicyclic) bond motifs is 1. The quantitative estimate of drug-likeness (QED) is 0.685. The highest BCUT2D eigenvalue weighted by atomic mass is 16.1. The van der Waals surface area contributed by atoms with E-state index < -0.39 is 0 Å². The average molecular weight is 391 g/mol. The Bertz CT molecular complexity index is 1080. The van der Waals surface area contributed by atoms with Crippen LogP contribution in [0.1, 0.15) is 28.1 Å². The van der Waals surface area contributed by atoms with Crippen LogP contribution in [0.4, 0.5) is 5.69 Å². The number of aromatic nitrogens is 2. The predicted molar refractivity (Wildman–Crippen MR) is 119 cm³/mol. The number of nitrogens with zero attached hydrogens (tertiary/aromatic N) is 4. The fourth-order valence-corrected chi connectivity index (χ4v) is 4.30. The van der Waals surface area contributed by atoms with Crippen molar-refractivity contribution < 1.29 is 0 Å². The first-order valence-electron chi connectivity index (χ1n) is 10.5. The van der Waals surface area contributed by atoms with Gasteiger partial charge in [0.05, 0.1) is 0 Å². The van der Waals surface area contributed by atoms with E-state index in [4.69, 9.17) is 4.98 Å². The van der Waals surface area contributed by atoms with Gasteiger partial charge in [0, 0.05) is 55.4 Å². The first-order chi connectivity index (χ1) is 13.9. The van der Waals surface area contributed by atoms with Gasteiger partial charge >= 0.3 is 0 Å². The molecule has 0 radical (unpaired) electrons. The summed E-state index contributed by atoms with van der Waals surface area (Å²) in [6.07, 6.45) is 0.748. The van der Waals surface area contributed by atoms with Gasteiger partial charge in [-0.1, -0.05) is 17.7 Å². The van der Waals surface area contributed by atoms with Gasteiger partial charge in [0.25, 0.3) is 5.56 Å². The summed E-state index contributed by atoms with van der Waals surface area (Å²) >= 11 is 0. The van der Waals surface area contributed by atoms with Crippen LogP contribution in [0.5, 0.6) is 0 Å². The Labute approximate surface area is 172 Å². The van der Waals surface area contributed by atoms with Crippen molar-refractivity contribution in [3.63, 3.8) is 0 Å². The summed E-state index contributed by atoms with van der Waals surface area (Å²) < 4.78 is 1.75. The summed E-state index contributed by atoms with van der Waals surface area (Å²) in [7, 11) is 0. The van der Waals surface area contributed by atoms with Gasteiger partial charge in [0.2, 0.25) is 0 Å². The molecule has 0 aliphatic carbocycles. The van der Waals surface area contributed by atoms with Crippen molar-refractivity contribution in [3.8, 4) is 0 Å². The van der Waals surface area contributed by atoms with E-state index in [1.54, 1.807) is 4.40 Å². The standard InChI is InChI=1S/C24H30N4O/c1-17-5-7-21(8-6-17)27-13-11-26(12-14-27)10-9-22-20(4)25-23-16-18(2)15-19(3)28(23)24(22)29/h5-8,15-16H,9-14H2,1-4H3. The molecule has 1 fully saturated rings. The maximum atomic E-state index is 13.1. The van der Waals surface area contributed by atoms with Gasteiger partial charge in [-0.05, 0) is 63.9 Å². The minimum atomic E-state index is 0.0864. The monoisotopic (exact) mass is 390 g/mol. The molecule has 0 amide bonds. The van der Waals surface area contributed by atoms with Crippen molar-refractivity contribution in [3.05, 3.63) is 74.8 Å². The SMILES string of the molecule is Cc1ccc(N2CCN(CCc3c(C)nc4cc(C)cc(C)n4c3=O)CC2)cc1. The summed E-state index contributed by atoms with van der Waals surface area (Å²) in [6.45, 7) is 13.1. The van der Waals surface area contributed by atoms with Crippen LogP contribution in [0.25, 0.3) is 5.65 Å². The Morgan fingerprint density at radius 3 is 2.28 bits per heavy atom. The molecule has 1 aromatic carbocycles. The van der Waals surface area contributed by atoms with Gasteiger partial charge in [0.15, 0.2) is 0 Å². The van der Waals surface area contributed by atoms with Crippen molar-refractivity contribution in [1.29, 1.82) is 0 Å². The highest BCUT2D eigenvalue weighted by Crippen LogP contribution is 2.17. The van der Waals surface area contributed by atoms with Crippen LogP contribution in [-0.2, 0) is 6.42 Å². The molecule has 152 valence electrons. The molecule has 1 saturated heterocycles. The molecule has 0 atom stereocenters. The van der Waals surface area contributed by atoms with E-state index in [2.05, 4.69) is 41.0 Å². The third-order valence-electron chi connectivity index (χ3n) is 6.00. The minimum absolute atomic E-state index is 0.0864. The summed E-state index contributed by atoms with van der Waals surface area (Å²) in [5.41, 5.74) is 7.22. The van der Waals surface area contributed by atoms with Crippen LogP contribution in [0, 0.1) is 27.7 Å². The van der Waals surface area contributed by atoms with Crippen molar-refractivity contribution >= 4 is 11.3 Å². The Kier molecular flexibility index (Phi) is 5.41. The molecular weight excluding hydrogens is 360 g/mol. The second-order valence-electron chi connectivity index (χ2n) is 8.26. The Morgan fingerprint density at radius 2 is 1.59 bits per heavy atom. The topological polar surface area (TPSA) is 40.9 Å². The van der Waals surface area contributed by atoms with Crippen LogP contribution in [0.3, 0.4) is 0 Å². The first-order valence-corrected chi connectivity index (χ1v) is 10.5. The molecule has 5 heteroatoms. The largest absolute Gasteiger partial charge is 0.369 e. The zero-order valence-corrected chi connectivity index (χ0v) is 17.9. The zero-order valence-electron chi connectivity index (χ0n) is 17.9. The van der Waals surface area contributed by atoms with E-state index in [9.17, 15) is 4.79 Å². The summed E-state index contributed by atoms with van der Waals surface area (Å²) in [5.74, 6) is 0. The number of hydrogen-bond acceptors (Lipinski definition) is 4. The summed E-state index contributed by atoms with van der Waals surface area (Å²) in [4.78, 5) is 22.7. The fourth-order valence-electron chi connectivity index (χ4n) is 4.30. The highest BCUT2D eigenvalue weighted by molar-refractivity contribution is 5.48. The van der Waals surface area contributed by atoms with Crippen molar-refractivity contribution in [2.24, 2.45) is 0 Å². The van der Waals surface area contributed by atoms with Crippen LogP contribution < -0.4 is 10.5 Å². The Hall–Kier alpha value is -2.66. The molecule has 29 heavy (non-hydrogen) atoms. The molecule has 0 bridgehead atoms. The maximum Gasteiger partial charge on any atom is 0.261 e. The predicted octanol–water partition coefficient (Wildman–Crippen LogP) is 3.29. The molecule has 3 aromatic rings. The molecule has 0 spiro atoms. The molecule has 4 rings (SSSR count). The fraction of sp³-hybridized carbons (Fsp3) is 0.417. The second-order valence-corrected chi connectivity index (χ2v) is 8.26. The molecule has 0 saturated carbocycles. The second kappa shape index (κ2) is 7.99. The lowest BCUT2D eigenvalue weighted by Crippen LogP contribution is -2.47. The van der Waals surface area contributed by atoms with Gasteiger partial charge in [-0.2, -0.15) is 0 Å². The van der Waals surface area contributed by atoms with Crippen LogP contribution in [0.2, 0.25) is 0 Å². The number of anilines is 1. The molecule has 0 unspecified atom stereocenters. The van der Waals surface area contributed by atoms with Crippen LogP contribution in [0.15, 0.2) is 41.2 Å². The Balaban J connectivity index is 1.44. The average Bonchev–Trinajstić information content (AvgIpc) is 2.68. The van der Waals surface area contributed by atoms with Crippen molar-refractivity contribution in [1.82, 2.24) is 14.3 Å². The van der Waals surface area contributed by atoms with Gasteiger partial charge in [-0.3, -0.25) is 14.1 Å². The van der Waals surface area contributed by atoms with Crippen molar-refractivity contribution in [2.75, 3.05) is 37.6 Å². The van der Waals surface area contributed by atoms with E-state index in [1.165, 1.54) is 11.3 Å². The van der Waals surface area contributed by atoms with E-state index in [0.717, 1.165) is 67.3 Å². The number of pyridine rings is 1. The summed E-state index contributed by atoms with van der Waals surface area (Å²) in [5, 5.41) is 0. The van der Waals surface area contributed by atoms with Gasteiger partial charge in [0.1, 0.15) is 5.65 Å². The maximum absolute atomic E-state index is 13.1. The normalized spacial score (nSPS) is 15.2. The lowest BCUT2D eigenvalue weighted by Gasteiger charge is -2.36. The molecule has 1 aliphatic rings. The number of piperazine rings is 1. The van der Waals surface area contributed by atoms with Gasteiger partial charge in [-0.15, -0.1) is 0 Å². The molecule has 0 N–H and O–H groups in total. The van der Waals surface area contributed by atoms with Crippen LogP contribution >= 0.6 is 0 Å². The van der Waals surface area contributed by atoms with E-state index in [-0.39, 0.29) is 5.56 Å². The first kappa shape index (κ1) is 19.6. The van der Waals surface area contributed by atoms with E-state index in [1.807, 2.05) is 32.9 Å². The summed E-state index contributed by atoms with van der Waals surface area (Å²) in [6, 6.07) is 12.8. The smallest absolute Gasteiger partial charge is 0.261 e. The third kappa shape index (κ3) is 4.06. The molecule has 5 nitrogen and oxygen atoms in total. The molecule has 1 aliphatic heterocycles. The van der Waals surface area contributed by atoms with E-state index in [0.29, 0.717) is 0 Å². The number of rotatable bonds is 4. The highest BCUT2D eigenvalue weighted by Gasteiger charge is 2.18. The lowest BCUT2D eigenvalue weighted by atomic mass is 10.1. The molecule has 2 aromatic heterocycles. The zero-order chi connectivity index (χ0) is 20.5. The number of benzene rings is 1. The number of aryl methyl sites for hydroxylation is 4. The van der Waals surface area contributed by atoms with E-state index >= 15 is 0 Å². The molecule has 3 heterocycles. The third-order valence-corrected chi connectivity index (χ3v) is 6.00. The van der Waals surface area contributed by atoms with Gasteiger partial charge < -0.3 is 4.90 Å². The minimum Gasteiger partial charge on any atom is -0.369 e. The van der Waals surface area contributed by atoms with Gasteiger partial charge in [-0.25, -0.2) is 4.98 Å². The lowest BCUT2D eigenvalue weighted by molar-refractivity contribution is 0.260. The molecular formula is C24H30N4O.